The molecule has 3 atom stereocenters. The minimum atomic E-state index is 0.331. The molecule has 4 nitrogen and oxygen atoms in total. The van der Waals surface area contributed by atoms with Crippen LogP contribution in [0.1, 0.15) is 39.0 Å². The summed E-state index contributed by atoms with van der Waals surface area (Å²) in [6.07, 6.45) is 6.16. The Morgan fingerprint density at radius 2 is 2.05 bits per heavy atom. The molecule has 0 aromatic heterocycles. The average molecular weight is 265 g/mol. The smallest absolute Gasteiger partial charge is 0.236 e. The van der Waals surface area contributed by atoms with Crippen molar-refractivity contribution in [3.05, 3.63) is 0 Å². The van der Waals surface area contributed by atoms with Gasteiger partial charge >= 0.3 is 0 Å². The molecule has 1 aliphatic heterocycles. The Morgan fingerprint density at radius 3 is 2.68 bits per heavy atom. The minimum absolute atomic E-state index is 0.331. The van der Waals surface area contributed by atoms with Crippen molar-refractivity contribution in [2.75, 3.05) is 26.2 Å². The standard InChI is InChI=1S/C15H27N3O/c1-2-18(12-6-7-12)15(19)10-17-8-11-4-3-5-14(16)13(11)9-17/h11-14H,2-10,16H2,1H3. The van der Waals surface area contributed by atoms with Crippen LogP contribution >= 0.6 is 0 Å². The second-order valence-corrected chi connectivity index (χ2v) is 6.62. The summed E-state index contributed by atoms with van der Waals surface area (Å²) in [5.41, 5.74) is 6.24. The third-order valence-electron chi connectivity index (χ3n) is 5.24. The maximum Gasteiger partial charge on any atom is 0.236 e. The molecule has 3 fully saturated rings. The third kappa shape index (κ3) is 2.79. The molecule has 1 amide bonds. The van der Waals surface area contributed by atoms with Crippen LogP contribution in [0.2, 0.25) is 0 Å². The fourth-order valence-corrected chi connectivity index (χ4v) is 4.04. The topological polar surface area (TPSA) is 49.6 Å². The average Bonchev–Trinajstić information content (AvgIpc) is 3.11. The van der Waals surface area contributed by atoms with Crippen molar-refractivity contribution in [3.8, 4) is 0 Å². The van der Waals surface area contributed by atoms with Gasteiger partial charge in [0.2, 0.25) is 5.91 Å². The quantitative estimate of drug-likeness (QED) is 0.827. The largest absolute Gasteiger partial charge is 0.339 e. The number of hydrogen-bond acceptors (Lipinski definition) is 3. The van der Waals surface area contributed by atoms with Gasteiger partial charge in [-0.2, -0.15) is 0 Å². The van der Waals surface area contributed by atoms with Gasteiger partial charge in [-0.15, -0.1) is 0 Å². The summed E-state index contributed by atoms with van der Waals surface area (Å²) in [5, 5.41) is 0. The van der Waals surface area contributed by atoms with Crippen molar-refractivity contribution in [2.24, 2.45) is 17.6 Å². The molecule has 0 bridgehead atoms. The second kappa shape index (κ2) is 5.41. The van der Waals surface area contributed by atoms with E-state index in [4.69, 9.17) is 5.73 Å². The van der Waals surface area contributed by atoms with Crippen molar-refractivity contribution in [1.82, 2.24) is 9.80 Å². The van der Waals surface area contributed by atoms with Gasteiger partial charge in [0.25, 0.3) is 0 Å². The van der Waals surface area contributed by atoms with Gasteiger partial charge in [0.05, 0.1) is 6.54 Å². The van der Waals surface area contributed by atoms with Crippen molar-refractivity contribution in [3.63, 3.8) is 0 Å². The Hall–Kier alpha value is -0.610. The molecule has 3 rings (SSSR count). The molecule has 1 heterocycles. The Labute approximate surface area is 116 Å². The summed E-state index contributed by atoms with van der Waals surface area (Å²) in [5.74, 6) is 1.71. The molecule has 2 N–H and O–H groups in total. The molecule has 3 unspecified atom stereocenters. The molecule has 0 radical (unpaired) electrons. The first-order valence-corrected chi connectivity index (χ1v) is 7.96. The lowest BCUT2D eigenvalue weighted by Gasteiger charge is -2.29. The lowest BCUT2D eigenvalue weighted by molar-refractivity contribution is -0.132. The number of rotatable bonds is 4. The SMILES string of the molecule is CCN(C(=O)CN1CC2CCCC(N)C2C1)C1CC1. The van der Waals surface area contributed by atoms with Crippen LogP contribution in [0.4, 0.5) is 0 Å². The predicted octanol–water partition coefficient (Wildman–Crippen LogP) is 1.06. The molecule has 0 spiro atoms. The number of nitrogens with zero attached hydrogens (tertiary/aromatic N) is 2. The summed E-state index contributed by atoms with van der Waals surface area (Å²) in [7, 11) is 0. The monoisotopic (exact) mass is 265 g/mol. The zero-order valence-corrected chi connectivity index (χ0v) is 12.1. The maximum absolute atomic E-state index is 12.4. The number of fused-ring (bicyclic) bond motifs is 1. The molecule has 2 aliphatic carbocycles. The van der Waals surface area contributed by atoms with Gasteiger partial charge in [-0.25, -0.2) is 0 Å². The van der Waals surface area contributed by atoms with E-state index in [1.165, 1.54) is 32.1 Å². The van der Waals surface area contributed by atoms with E-state index in [1.807, 2.05) is 0 Å². The minimum Gasteiger partial charge on any atom is -0.339 e. The molecule has 0 aromatic carbocycles. The molecule has 4 heteroatoms. The van der Waals surface area contributed by atoms with Crippen molar-refractivity contribution >= 4 is 5.91 Å². The molecule has 19 heavy (non-hydrogen) atoms. The van der Waals surface area contributed by atoms with E-state index in [-0.39, 0.29) is 0 Å². The molecule has 3 aliphatic rings. The summed E-state index contributed by atoms with van der Waals surface area (Å²) in [6.45, 7) is 5.70. The Kier molecular flexibility index (Phi) is 3.81. The normalized spacial score (nSPS) is 35.2. The van der Waals surface area contributed by atoms with E-state index < -0.39 is 0 Å². The Bertz CT molecular complexity index is 342. The molecule has 0 aromatic rings. The van der Waals surface area contributed by atoms with Gasteiger partial charge in [0.15, 0.2) is 0 Å². The van der Waals surface area contributed by atoms with Crippen LogP contribution < -0.4 is 5.73 Å². The molecular formula is C15H27N3O. The van der Waals surface area contributed by atoms with Gasteiger partial charge in [-0.05, 0) is 44.4 Å². The van der Waals surface area contributed by atoms with Crippen LogP contribution in [-0.4, -0.2) is 54.0 Å². The van der Waals surface area contributed by atoms with Crippen LogP contribution in [-0.2, 0) is 4.79 Å². The van der Waals surface area contributed by atoms with Gasteiger partial charge in [-0.3, -0.25) is 9.69 Å². The zero-order valence-electron chi connectivity index (χ0n) is 12.1. The van der Waals surface area contributed by atoms with E-state index in [0.717, 1.165) is 25.6 Å². The number of likely N-dealkylation sites (tertiary alicyclic amines) is 1. The van der Waals surface area contributed by atoms with Crippen molar-refractivity contribution < 1.29 is 4.79 Å². The van der Waals surface area contributed by atoms with E-state index >= 15 is 0 Å². The fraction of sp³-hybridized carbons (Fsp3) is 0.933. The molecule has 2 saturated carbocycles. The van der Waals surface area contributed by atoms with Gasteiger partial charge in [0.1, 0.15) is 0 Å². The first kappa shape index (κ1) is 13.4. The van der Waals surface area contributed by atoms with Crippen LogP contribution in [0.15, 0.2) is 0 Å². The Balaban J connectivity index is 1.54. The van der Waals surface area contributed by atoms with Gasteiger partial charge in [-0.1, -0.05) is 6.42 Å². The lowest BCUT2D eigenvalue weighted by Crippen LogP contribution is -2.41. The van der Waals surface area contributed by atoms with E-state index in [2.05, 4.69) is 16.7 Å². The number of hydrogen-bond donors (Lipinski definition) is 1. The summed E-state index contributed by atoms with van der Waals surface area (Å²) < 4.78 is 0. The second-order valence-electron chi connectivity index (χ2n) is 6.62. The highest BCUT2D eigenvalue weighted by Crippen LogP contribution is 2.35. The highest BCUT2D eigenvalue weighted by atomic mass is 16.2. The summed E-state index contributed by atoms with van der Waals surface area (Å²) in [6, 6.07) is 0.911. The molecule has 1 saturated heterocycles. The first-order chi connectivity index (χ1) is 9.19. The fourth-order valence-electron chi connectivity index (χ4n) is 4.04. The van der Waals surface area contributed by atoms with Crippen LogP contribution in [0.25, 0.3) is 0 Å². The summed E-state index contributed by atoms with van der Waals surface area (Å²) >= 11 is 0. The van der Waals surface area contributed by atoms with Crippen molar-refractivity contribution in [2.45, 2.75) is 51.1 Å². The summed E-state index contributed by atoms with van der Waals surface area (Å²) in [4.78, 5) is 16.8. The van der Waals surface area contributed by atoms with E-state index in [0.29, 0.717) is 30.5 Å². The number of carbonyl (C=O) groups excluding carboxylic acids is 1. The third-order valence-corrected chi connectivity index (χ3v) is 5.24. The zero-order chi connectivity index (χ0) is 13.4. The van der Waals surface area contributed by atoms with Crippen LogP contribution in [0, 0.1) is 11.8 Å². The van der Waals surface area contributed by atoms with Gasteiger partial charge < -0.3 is 10.6 Å². The van der Waals surface area contributed by atoms with Gasteiger partial charge in [0, 0.05) is 31.7 Å². The lowest BCUT2D eigenvalue weighted by atomic mass is 9.78. The van der Waals surface area contributed by atoms with Crippen LogP contribution in [0.5, 0.6) is 0 Å². The van der Waals surface area contributed by atoms with Crippen molar-refractivity contribution in [1.29, 1.82) is 0 Å². The number of nitrogens with two attached hydrogens (primary N) is 1. The highest BCUT2D eigenvalue weighted by Gasteiger charge is 2.40. The highest BCUT2D eigenvalue weighted by molar-refractivity contribution is 5.79. The first-order valence-electron chi connectivity index (χ1n) is 7.96. The van der Waals surface area contributed by atoms with E-state index in [9.17, 15) is 4.79 Å². The maximum atomic E-state index is 12.4. The predicted molar refractivity (Wildman–Crippen MR) is 75.7 cm³/mol. The number of amides is 1. The van der Waals surface area contributed by atoms with Crippen LogP contribution in [0.3, 0.4) is 0 Å². The van der Waals surface area contributed by atoms with E-state index in [1.54, 1.807) is 0 Å². The molecular weight excluding hydrogens is 238 g/mol. The Morgan fingerprint density at radius 1 is 1.26 bits per heavy atom. The number of likely N-dealkylation sites (N-methyl/N-ethyl adjacent to an activating group) is 1. The molecule has 108 valence electrons. The number of carbonyl (C=O) groups is 1.